The monoisotopic (exact) mass is 464 g/mol. The van der Waals surface area contributed by atoms with E-state index in [9.17, 15) is 18.3 Å². The van der Waals surface area contributed by atoms with E-state index in [1.807, 2.05) is 11.9 Å². The van der Waals surface area contributed by atoms with E-state index in [1.54, 1.807) is 6.92 Å². The second kappa shape index (κ2) is 7.66. The van der Waals surface area contributed by atoms with Gasteiger partial charge in [-0.15, -0.1) is 0 Å². The largest absolute Gasteiger partial charge is 0.480 e. The Morgan fingerprint density at radius 2 is 2.03 bits per heavy atom. The zero-order valence-electron chi connectivity index (χ0n) is 17.9. The van der Waals surface area contributed by atoms with Crippen LogP contribution in [0.1, 0.15) is 23.0 Å². The van der Waals surface area contributed by atoms with E-state index in [1.165, 1.54) is 37.7 Å². The molecule has 10 nitrogen and oxygen atoms in total. The van der Waals surface area contributed by atoms with Gasteiger partial charge in [-0.2, -0.15) is 10.6 Å². The van der Waals surface area contributed by atoms with Crippen LogP contribution in [0, 0.1) is 5.82 Å². The Morgan fingerprint density at radius 3 is 2.59 bits per heavy atom. The van der Waals surface area contributed by atoms with Crippen LogP contribution in [0.15, 0.2) is 35.6 Å². The van der Waals surface area contributed by atoms with Crippen LogP contribution < -0.4 is 15.8 Å². The summed E-state index contributed by atoms with van der Waals surface area (Å²) in [5.41, 5.74) is 5.33. The van der Waals surface area contributed by atoms with Gasteiger partial charge < -0.3 is 20.7 Å². The number of carbonyl (C=O) groups is 1. The predicted octanol–water partition coefficient (Wildman–Crippen LogP) is 1.90. The first-order chi connectivity index (χ1) is 15.0. The Balaban J connectivity index is 1.64. The van der Waals surface area contributed by atoms with Crippen LogP contribution in [0.25, 0.3) is 0 Å². The molecule has 3 heterocycles. The quantitative estimate of drug-likeness (QED) is 0.537. The number of hydrogen-bond donors (Lipinski definition) is 4. The first kappa shape index (κ1) is 22.4. The maximum absolute atomic E-state index is 14.9. The lowest BCUT2D eigenvalue weighted by molar-refractivity contribution is 0.102. The molecular weight excluding hydrogens is 439 g/mol. The van der Waals surface area contributed by atoms with Crippen molar-refractivity contribution in [2.45, 2.75) is 17.2 Å². The maximum Gasteiger partial charge on any atom is 0.275 e. The Hall–Kier alpha value is -2.80. The summed E-state index contributed by atoms with van der Waals surface area (Å²) in [6.45, 7) is 2.35. The molecule has 0 saturated carbocycles. The Kier molecular flexibility index (Phi) is 5.36. The number of nitrogens with two attached hydrogens (primary N) is 1. The fourth-order valence-electron chi connectivity index (χ4n) is 4.18. The number of ether oxygens (including phenoxy) is 1. The standard InChI is InChI=1S/C20H25FN6O4S/c1-19(11-32(29,30)20(18(22)26-19)9-27(2)10-20)13-6-12(4-5-14(13)21)25-17(28)15-7-24-16(31-3)8-23-15/h4-8,29-30H,9-11H2,1-3H3,(H2,22,26)(H,25,28)/t19-/m0/s1. The Morgan fingerprint density at radius 1 is 1.31 bits per heavy atom. The number of nitrogens with zero attached hydrogens (tertiary/aromatic N) is 4. The molecule has 32 heavy (non-hydrogen) atoms. The van der Waals surface area contributed by atoms with Gasteiger partial charge in [-0.1, -0.05) is 0 Å². The normalized spacial score (nSPS) is 24.9. The van der Waals surface area contributed by atoms with Crippen molar-refractivity contribution in [2.24, 2.45) is 10.7 Å². The number of amidine groups is 1. The molecule has 1 atom stereocenters. The zero-order chi connectivity index (χ0) is 23.3. The molecule has 0 radical (unpaired) electrons. The number of methoxy groups -OCH3 is 1. The summed E-state index contributed by atoms with van der Waals surface area (Å²) in [6.07, 6.45) is 2.57. The van der Waals surface area contributed by atoms with Gasteiger partial charge in [0.05, 0.1) is 25.3 Å². The van der Waals surface area contributed by atoms with E-state index in [0.717, 1.165) is 0 Å². The molecule has 4 rings (SSSR count). The summed E-state index contributed by atoms with van der Waals surface area (Å²) in [6, 6.07) is 4.00. The van der Waals surface area contributed by atoms with E-state index in [4.69, 9.17) is 10.5 Å². The summed E-state index contributed by atoms with van der Waals surface area (Å²) in [4.78, 5) is 26.9. The molecule has 1 aromatic carbocycles. The van der Waals surface area contributed by atoms with Gasteiger partial charge in [-0.25, -0.2) is 14.4 Å². The number of halogens is 1. The molecular formula is C20H25FN6O4S. The number of aliphatic imine (C=N–C) groups is 1. The van der Waals surface area contributed by atoms with E-state index < -0.39 is 32.6 Å². The molecule has 1 aromatic heterocycles. The van der Waals surface area contributed by atoms with Crippen LogP contribution in [-0.2, 0) is 5.54 Å². The van der Waals surface area contributed by atoms with Crippen molar-refractivity contribution < 1.29 is 23.0 Å². The van der Waals surface area contributed by atoms with E-state index in [-0.39, 0.29) is 28.7 Å². The van der Waals surface area contributed by atoms with Gasteiger partial charge in [0.2, 0.25) is 5.88 Å². The molecule has 1 spiro atoms. The molecule has 0 unspecified atom stereocenters. The van der Waals surface area contributed by atoms with E-state index >= 15 is 0 Å². The third-order valence-corrected chi connectivity index (χ3v) is 8.55. The third-order valence-electron chi connectivity index (χ3n) is 5.87. The second-order valence-electron chi connectivity index (χ2n) is 8.34. The lowest BCUT2D eigenvalue weighted by Crippen LogP contribution is -2.71. The highest BCUT2D eigenvalue weighted by Crippen LogP contribution is 2.62. The minimum atomic E-state index is -3.21. The van der Waals surface area contributed by atoms with Crippen LogP contribution in [0.4, 0.5) is 10.1 Å². The van der Waals surface area contributed by atoms with Crippen molar-refractivity contribution in [2.75, 3.05) is 38.3 Å². The molecule has 1 amide bonds. The minimum Gasteiger partial charge on any atom is -0.480 e. The topological polar surface area (TPSA) is 146 Å². The molecule has 0 aliphatic carbocycles. The lowest BCUT2D eigenvalue weighted by Gasteiger charge is -2.62. The fourth-order valence-corrected chi connectivity index (χ4v) is 6.69. The zero-order valence-corrected chi connectivity index (χ0v) is 18.7. The van der Waals surface area contributed by atoms with Gasteiger partial charge in [0.1, 0.15) is 27.6 Å². The summed E-state index contributed by atoms with van der Waals surface area (Å²) < 4.78 is 40.7. The predicted molar refractivity (Wildman–Crippen MR) is 120 cm³/mol. The molecule has 5 N–H and O–H groups in total. The number of benzene rings is 1. The summed E-state index contributed by atoms with van der Waals surface area (Å²) in [5.74, 6) is -0.946. The van der Waals surface area contributed by atoms with Crippen molar-refractivity contribution in [1.82, 2.24) is 14.9 Å². The number of anilines is 1. The van der Waals surface area contributed by atoms with Crippen LogP contribution in [0.5, 0.6) is 5.88 Å². The highest BCUT2D eigenvalue weighted by Gasteiger charge is 2.59. The van der Waals surface area contributed by atoms with Gasteiger partial charge in [0, 0.05) is 24.3 Å². The summed E-state index contributed by atoms with van der Waals surface area (Å²) in [7, 11) is 0.0756. The number of nitrogens with one attached hydrogen (secondary N) is 1. The van der Waals surface area contributed by atoms with Crippen molar-refractivity contribution in [1.29, 1.82) is 0 Å². The molecule has 0 bridgehead atoms. The maximum atomic E-state index is 14.9. The number of likely N-dealkylation sites (tertiary alicyclic amines) is 1. The SMILES string of the molecule is COc1cnc(C(=O)Nc2ccc(F)c([C@]3(C)CS(O)(O)C4(CN(C)C4)C(N)=N3)c2)cn1. The molecule has 1 saturated heterocycles. The van der Waals surface area contributed by atoms with Gasteiger partial charge in [-0.3, -0.25) is 18.9 Å². The molecule has 2 aliphatic heterocycles. The summed E-state index contributed by atoms with van der Waals surface area (Å²) in [5, 5.41) is 2.64. The van der Waals surface area contributed by atoms with Gasteiger partial charge in [0.25, 0.3) is 5.91 Å². The van der Waals surface area contributed by atoms with Crippen LogP contribution in [-0.4, -0.2) is 73.5 Å². The van der Waals surface area contributed by atoms with Crippen LogP contribution >= 0.6 is 10.6 Å². The van der Waals surface area contributed by atoms with Gasteiger partial charge in [0.15, 0.2) is 0 Å². The van der Waals surface area contributed by atoms with E-state index in [2.05, 4.69) is 20.3 Å². The van der Waals surface area contributed by atoms with Crippen molar-refractivity contribution in [3.8, 4) is 5.88 Å². The second-order valence-corrected chi connectivity index (χ2v) is 10.7. The van der Waals surface area contributed by atoms with Crippen molar-refractivity contribution >= 4 is 28.0 Å². The lowest BCUT2D eigenvalue weighted by atomic mass is 9.91. The van der Waals surface area contributed by atoms with E-state index in [0.29, 0.717) is 18.8 Å². The average Bonchev–Trinajstić information content (AvgIpc) is 2.71. The Labute approximate surface area is 186 Å². The number of amides is 1. The minimum absolute atomic E-state index is 0.0491. The van der Waals surface area contributed by atoms with Crippen molar-refractivity contribution in [3.05, 3.63) is 47.7 Å². The fraction of sp³-hybridized carbons (Fsp3) is 0.400. The highest BCUT2D eigenvalue weighted by molar-refractivity contribution is 8.26. The first-order valence-electron chi connectivity index (χ1n) is 9.77. The number of aromatic nitrogens is 2. The van der Waals surface area contributed by atoms with Crippen molar-refractivity contribution in [3.63, 3.8) is 0 Å². The summed E-state index contributed by atoms with van der Waals surface area (Å²) >= 11 is 0. The number of hydrogen-bond acceptors (Lipinski definition) is 9. The first-order valence-corrected chi connectivity index (χ1v) is 11.5. The number of carbonyl (C=O) groups excluding carboxylic acids is 1. The van der Waals surface area contributed by atoms with Gasteiger partial charge >= 0.3 is 0 Å². The third kappa shape index (κ3) is 3.58. The molecule has 2 aromatic rings. The van der Waals surface area contributed by atoms with Gasteiger partial charge in [-0.05, 0) is 32.2 Å². The number of rotatable bonds is 4. The molecule has 12 heteroatoms. The van der Waals surface area contributed by atoms with Crippen LogP contribution in [0.3, 0.4) is 0 Å². The molecule has 2 aliphatic rings. The van der Waals surface area contributed by atoms with Crippen LogP contribution in [0.2, 0.25) is 0 Å². The molecule has 1 fully saturated rings. The average molecular weight is 465 g/mol. The highest BCUT2D eigenvalue weighted by atomic mass is 32.3. The molecule has 172 valence electrons. The smallest absolute Gasteiger partial charge is 0.275 e. The Bertz CT molecular complexity index is 1090.